The normalized spacial score (nSPS) is 15.7. The fourth-order valence-electron chi connectivity index (χ4n) is 4.79. The molecule has 0 spiro atoms. The van der Waals surface area contributed by atoms with Crippen molar-refractivity contribution in [3.05, 3.63) is 71.8 Å². The molecule has 0 atom stereocenters. The second kappa shape index (κ2) is 11.5. The summed E-state index contributed by atoms with van der Waals surface area (Å²) in [6, 6.07) is 22.0. The molecule has 0 radical (unpaired) electrons. The van der Waals surface area contributed by atoms with Crippen LogP contribution in [0.1, 0.15) is 68.9 Å². The molecule has 1 saturated carbocycles. The summed E-state index contributed by atoms with van der Waals surface area (Å²) >= 11 is 0. The van der Waals surface area contributed by atoms with Gasteiger partial charge in [0, 0.05) is 12.6 Å². The molecule has 0 unspecified atom stereocenters. The minimum atomic E-state index is -0.489. The van der Waals surface area contributed by atoms with Gasteiger partial charge in [-0.3, -0.25) is 4.90 Å². The van der Waals surface area contributed by atoms with Gasteiger partial charge in [-0.2, -0.15) is 0 Å². The van der Waals surface area contributed by atoms with Crippen LogP contribution < -0.4 is 11.5 Å². The molecule has 1 aliphatic rings. The molecular formula is C26H39N3. The SMILES string of the molecule is NCCCCCCN(CC(N)(c1ccccc1)c1ccccc1)C1CCCCC1. The minimum Gasteiger partial charge on any atom is -0.330 e. The van der Waals surface area contributed by atoms with E-state index in [-0.39, 0.29) is 0 Å². The van der Waals surface area contributed by atoms with E-state index in [1.807, 2.05) is 0 Å². The van der Waals surface area contributed by atoms with E-state index >= 15 is 0 Å². The lowest BCUT2D eigenvalue weighted by molar-refractivity contribution is 0.128. The van der Waals surface area contributed by atoms with Gasteiger partial charge in [-0.15, -0.1) is 0 Å². The van der Waals surface area contributed by atoms with Crippen molar-refractivity contribution in [2.24, 2.45) is 11.5 Å². The van der Waals surface area contributed by atoms with E-state index in [1.54, 1.807) is 0 Å². The summed E-state index contributed by atoms with van der Waals surface area (Å²) < 4.78 is 0. The highest BCUT2D eigenvalue weighted by Gasteiger charge is 2.34. The zero-order chi connectivity index (χ0) is 20.4. The average molecular weight is 394 g/mol. The number of nitrogens with two attached hydrogens (primary N) is 2. The first-order chi connectivity index (χ1) is 14.2. The van der Waals surface area contributed by atoms with Crippen molar-refractivity contribution in [1.29, 1.82) is 0 Å². The molecule has 3 heteroatoms. The zero-order valence-corrected chi connectivity index (χ0v) is 17.9. The lowest BCUT2D eigenvalue weighted by Gasteiger charge is -2.41. The third kappa shape index (κ3) is 6.15. The van der Waals surface area contributed by atoms with E-state index in [1.165, 1.54) is 62.5 Å². The Balaban J connectivity index is 1.82. The summed E-state index contributed by atoms with van der Waals surface area (Å²) in [7, 11) is 0. The predicted molar refractivity (Wildman–Crippen MR) is 124 cm³/mol. The maximum absolute atomic E-state index is 7.24. The van der Waals surface area contributed by atoms with Gasteiger partial charge in [-0.25, -0.2) is 0 Å². The Morgan fingerprint density at radius 1 is 0.759 bits per heavy atom. The molecule has 29 heavy (non-hydrogen) atoms. The Hall–Kier alpha value is -1.68. The first-order valence-electron chi connectivity index (χ1n) is 11.6. The van der Waals surface area contributed by atoms with Crippen LogP contribution >= 0.6 is 0 Å². The Labute approximate surface area is 177 Å². The highest BCUT2D eigenvalue weighted by molar-refractivity contribution is 5.38. The van der Waals surface area contributed by atoms with Crippen LogP contribution in [0.2, 0.25) is 0 Å². The third-order valence-corrected chi connectivity index (χ3v) is 6.52. The lowest BCUT2D eigenvalue weighted by Crippen LogP contribution is -2.52. The molecule has 1 aliphatic carbocycles. The molecule has 158 valence electrons. The first-order valence-corrected chi connectivity index (χ1v) is 11.6. The number of rotatable bonds is 11. The zero-order valence-electron chi connectivity index (χ0n) is 17.9. The first kappa shape index (κ1) is 22.0. The molecule has 0 amide bonds. The maximum atomic E-state index is 7.24. The Kier molecular flexibility index (Phi) is 8.72. The van der Waals surface area contributed by atoms with Crippen molar-refractivity contribution in [2.75, 3.05) is 19.6 Å². The van der Waals surface area contributed by atoms with E-state index in [0.717, 1.165) is 26.1 Å². The van der Waals surface area contributed by atoms with E-state index in [9.17, 15) is 0 Å². The number of hydrogen-bond donors (Lipinski definition) is 2. The Morgan fingerprint density at radius 3 is 1.86 bits per heavy atom. The van der Waals surface area contributed by atoms with E-state index < -0.39 is 5.54 Å². The summed E-state index contributed by atoms with van der Waals surface area (Å²) in [6.07, 6.45) is 11.6. The van der Waals surface area contributed by atoms with Crippen molar-refractivity contribution in [3.63, 3.8) is 0 Å². The van der Waals surface area contributed by atoms with Gasteiger partial charge >= 0.3 is 0 Å². The molecular weight excluding hydrogens is 354 g/mol. The van der Waals surface area contributed by atoms with E-state index in [2.05, 4.69) is 65.6 Å². The predicted octanol–water partition coefficient (Wildman–Crippen LogP) is 5.04. The minimum absolute atomic E-state index is 0.489. The Bertz CT molecular complexity index is 640. The second-order valence-electron chi connectivity index (χ2n) is 8.67. The maximum Gasteiger partial charge on any atom is 0.0794 e. The molecule has 0 saturated heterocycles. The van der Waals surface area contributed by atoms with Crippen LogP contribution in [0.25, 0.3) is 0 Å². The molecule has 2 aromatic rings. The van der Waals surface area contributed by atoms with Crippen molar-refractivity contribution >= 4 is 0 Å². The summed E-state index contributed by atoms with van der Waals surface area (Å²) in [5.41, 5.74) is 14.8. The monoisotopic (exact) mass is 393 g/mol. The van der Waals surface area contributed by atoms with Gasteiger partial charge in [-0.1, -0.05) is 92.8 Å². The van der Waals surface area contributed by atoms with Gasteiger partial charge in [0.25, 0.3) is 0 Å². The van der Waals surface area contributed by atoms with Gasteiger partial charge in [0.05, 0.1) is 5.54 Å². The Morgan fingerprint density at radius 2 is 1.31 bits per heavy atom. The van der Waals surface area contributed by atoms with E-state index in [4.69, 9.17) is 11.5 Å². The molecule has 2 aromatic carbocycles. The lowest BCUT2D eigenvalue weighted by atomic mass is 9.82. The molecule has 0 aromatic heterocycles. The quantitative estimate of drug-likeness (QED) is 0.526. The largest absolute Gasteiger partial charge is 0.330 e. The van der Waals surface area contributed by atoms with Crippen LogP contribution in [-0.2, 0) is 5.54 Å². The molecule has 4 N–H and O–H groups in total. The highest BCUT2D eigenvalue weighted by atomic mass is 15.2. The molecule has 0 bridgehead atoms. The molecule has 3 nitrogen and oxygen atoms in total. The van der Waals surface area contributed by atoms with Crippen LogP contribution in [0.4, 0.5) is 0 Å². The fraction of sp³-hybridized carbons (Fsp3) is 0.538. The second-order valence-corrected chi connectivity index (χ2v) is 8.67. The highest BCUT2D eigenvalue weighted by Crippen LogP contribution is 2.31. The summed E-state index contributed by atoms with van der Waals surface area (Å²) in [4.78, 5) is 2.71. The number of unbranched alkanes of at least 4 members (excludes halogenated alkanes) is 3. The number of hydrogen-bond acceptors (Lipinski definition) is 3. The van der Waals surface area contributed by atoms with Gasteiger partial charge in [0.1, 0.15) is 0 Å². The summed E-state index contributed by atoms with van der Waals surface area (Å²) in [6.45, 7) is 2.82. The average Bonchev–Trinajstić information content (AvgIpc) is 2.80. The fourth-order valence-corrected chi connectivity index (χ4v) is 4.79. The van der Waals surface area contributed by atoms with Gasteiger partial charge in [-0.05, 0) is 49.9 Å². The van der Waals surface area contributed by atoms with Crippen LogP contribution in [-0.4, -0.2) is 30.6 Å². The van der Waals surface area contributed by atoms with Crippen LogP contribution in [0.5, 0.6) is 0 Å². The van der Waals surface area contributed by atoms with Crippen molar-refractivity contribution in [2.45, 2.75) is 69.4 Å². The van der Waals surface area contributed by atoms with Gasteiger partial charge in [0.2, 0.25) is 0 Å². The molecule has 3 rings (SSSR count). The standard InChI is InChI=1S/C26H39N3/c27-20-12-1-2-13-21-29(25-18-10-5-11-19-25)22-26(28,23-14-6-3-7-15-23)24-16-8-4-9-17-24/h3-4,6-9,14-17,25H,1-2,5,10-13,18-22,27-28H2. The third-order valence-electron chi connectivity index (χ3n) is 6.52. The molecule has 0 aliphatic heterocycles. The number of benzene rings is 2. The van der Waals surface area contributed by atoms with Gasteiger partial charge < -0.3 is 11.5 Å². The summed E-state index contributed by atoms with van der Waals surface area (Å²) in [5.74, 6) is 0. The molecule has 1 fully saturated rings. The van der Waals surface area contributed by atoms with E-state index in [0.29, 0.717) is 6.04 Å². The van der Waals surface area contributed by atoms with Crippen LogP contribution in [0, 0.1) is 0 Å². The van der Waals surface area contributed by atoms with Gasteiger partial charge in [0.15, 0.2) is 0 Å². The molecule has 0 heterocycles. The van der Waals surface area contributed by atoms with Crippen molar-refractivity contribution in [3.8, 4) is 0 Å². The number of nitrogens with zero attached hydrogens (tertiary/aromatic N) is 1. The summed E-state index contributed by atoms with van der Waals surface area (Å²) in [5, 5.41) is 0. The smallest absolute Gasteiger partial charge is 0.0794 e. The topological polar surface area (TPSA) is 55.3 Å². The van der Waals surface area contributed by atoms with Crippen LogP contribution in [0.3, 0.4) is 0 Å². The van der Waals surface area contributed by atoms with Crippen LogP contribution in [0.15, 0.2) is 60.7 Å². The van der Waals surface area contributed by atoms with Crippen molar-refractivity contribution < 1.29 is 0 Å². The van der Waals surface area contributed by atoms with Crippen molar-refractivity contribution in [1.82, 2.24) is 4.90 Å².